The summed E-state index contributed by atoms with van der Waals surface area (Å²) in [4.78, 5) is 3.88. The SMILES string of the molecule is OCc1nncn1CCc1ncno1. The number of hydrogen-bond acceptors (Lipinski definition) is 6. The summed E-state index contributed by atoms with van der Waals surface area (Å²) in [5.74, 6) is 1.09. The van der Waals surface area contributed by atoms with Crippen molar-refractivity contribution in [2.75, 3.05) is 0 Å². The monoisotopic (exact) mass is 195 g/mol. The predicted octanol–water partition coefficient (Wildman–Crippen LogP) is -0.604. The van der Waals surface area contributed by atoms with Crippen LogP contribution in [0.2, 0.25) is 0 Å². The van der Waals surface area contributed by atoms with E-state index in [1.54, 1.807) is 10.9 Å². The number of rotatable bonds is 4. The van der Waals surface area contributed by atoms with Crippen LogP contribution in [0.5, 0.6) is 0 Å². The first-order valence-corrected chi connectivity index (χ1v) is 4.13. The first-order valence-electron chi connectivity index (χ1n) is 4.13. The van der Waals surface area contributed by atoms with Crippen molar-refractivity contribution < 1.29 is 9.63 Å². The fourth-order valence-corrected chi connectivity index (χ4v) is 1.11. The van der Waals surface area contributed by atoms with Gasteiger partial charge in [0, 0.05) is 13.0 Å². The van der Waals surface area contributed by atoms with Crippen LogP contribution in [0.25, 0.3) is 0 Å². The molecular weight excluding hydrogens is 186 g/mol. The Kier molecular flexibility index (Phi) is 2.50. The topological polar surface area (TPSA) is 89.9 Å². The van der Waals surface area contributed by atoms with Crippen LogP contribution in [-0.4, -0.2) is 30.0 Å². The molecule has 0 saturated heterocycles. The molecule has 0 atom stereocenters. The van der Waals surface area contributed by atoms with Crippen LogP contribution in [0.15, 0.2) is 17.2 Å². The average molecular weight is 195 g/mol. The molecule has 0 fully saturated rings. The predicted molar refractivity (Wildman–Crippen MR) is 43.9 cm³/mol. The lowest BCUT2D eigenvalue weighted by molar-refractivity contribution is 0.263. The van der Waals surface area contributed by atoms with Gasteiger partial charge in [-0.05, 0) is 0 Å². The van der Waals surface area contributed by atoms with Crippen LogP contribution in [-0.2, 0) is 19.6 Å². The second-order valence-corrected chi connectivity index (χ2v) is 2.68. The number of aromatic nitrogens is 5. The minimum absolute atomic E-state index is 0.121. The van der Waals surface area contributed by atoms with Crippen molar-refractivity contribution in [2.45, 2.75) is 19.6 Å². The molecule has 2 aromatic heterocycles. The number of nitrogens with zero attached hydrogens (tertiary/aromatic N) is 5. The summed E-state index contributed by atoms with van der Waals surface area (Å²) in [5, 5.41) is 19.8. The number of hydrogen-bond donors (Lipinski definition) is 1. The van der Waals surface area contributed by atoms with Crippen molar-refractivity contribution in [1.82, 2.24) is 24.9 Å². The fraction of sp³-hybridized carbons (Fsp3) is 0.429. The molecule has 0 saturated carbocycles. The highest BCUT2D eigenvalue weighted by Gasteiger charge is 2.04. The lowest BCUT2D eigenvalue weighted by Gasteiger charge is -2.00. The van der Waals surface area contributed by atoms with Crippen LogP contribution in [0, 0.1) is 0 Å². The second kappa shape index (κ2) is 3.97. The Morgan fingerprint density at radius 1 is 1.50 bits per heavy atom. The first kappa shape index (κ1) is 8.82. The van der Waals surface area contributed by atoms with E-state index in [2.05, 4.69) is 20.3 Å². The molecule has 2 heterocycles. The molecule has 7 nitrogen and oxygen atoms in total. The van der Waals surface area contributed by atoms with E-state index < -0.39 is 0 Å². The van der Waals surface area contributed by atoms with Gasteiger partial charge in [0.15, 0.2) is 12.2 Å². The maximum Gasteiger partial charge on any atom is 0.228 e. The molecule has 0 aliphatic rings. The van der Waals surface area contributed by atoms with Crippen molar-refractivity contribution in [3.05, 3.63) is 24.4 Å². The van der Waals surface area contributed by atoms with Gasteiger partial charge < -0.3 is 14.2 Å². The molecule has 74 valence electrons. The molecule has 0 radical (unpaired) electrons. The van der Waals surface area contributed by atoms with E-state index in [1.807, 2.05) is 0 Å². The first-order chi connectivity index (χ1) is 6.90. The molecule has 2 aromatic rings. The largest absolute Gasteiger partial charge is 0.388 e. The molecule has 2 rings (SSSR count). The van der Waals surface area contributed by atoms with E-state index in [4.69, 9.17) is 9.63 Å². The molecule has 0 spiro atoms. The van der Waals surface area contributed by atoms with Crippen LogP contribution >= 0.6 is 0 Å². The van der Waals surface area contributed by atoms with Crippen molar-refractivity contribution in [3.63, 3.8) is 0 Å². The highest BCUT2D eigenvalue weighted by Crippen LogP contribution is 1.99. The maximum absolute atomic E-state index is 8.89. The summed E-state index contributed by atoms with van der Waals surface area (Å²) >= 11 is 0. The minimum Gasteiger partial charge on any atom is -0.388 e. The second-order valence-electron chi connectivity index (χ2n) is 2.68. The molecule has 14 heavy (non-hydrogen) atoms. The lowest BCUT2D eigenvalue weighted by Crippen LogP contribution is -2.05. The molecule has 0 aromatic carbocycles. The minimum atomic E-state index is -0.121. The van der Waals surface area contributed by atoms with Gasteiger partial charge in [-0.15, -0.1) is 10.2 Å². The molecule has 7 heteroatoms. The summed E-state index contributed by atoms with van der Waals surface area (Å²) in [6.07, 6.45) is 3.52. The van der Waals surface area contributed by atoms with Gasteiger partial charge in [0.05, 0.1) is 0 Å². The van der Waals surface area contributed by atoms with E-state index in [-0.39, 0.29) is 6.61 Å². The van der Waals surface area contributed by atoms with Crippen LogP contribution < -0.4 is 0 Å². The third kappa shape index (κ3) is 1.77. The zero-order valence-corrected chi connectivity index (χ0v) is 7.37. The smallest absolute Gasteiger partial charge is 0.228 e. The van der Waals surface area contributed by atoms with E-state index in [9.17, 15) is 0 Å². The number of aryl methyl sites for hydroxylation is 2. The maximum atomic E-state index is 8.89. The van der Waals surface area contributed by atoms with E-state index >= 15 is 0 Å². The Hall–Kier alpha value is -1.76. The van der Waals surface area contributed by atoms with Gasteiger partial charge in [0.25, 0.3) is 0 Å². The standard InChI is InChI=1S/C7H9N5O2/c13-3-6-11-9-5-12(6)2-1-7-8-4-10-14-7/h4-5,13H,1-3H2. The van der Waals surface area contributed by atoms with E-state index in [1.165, 1.54) is 6.33 Å². The number of aliphatic hydroxyl groups is 1. The Morgan fingerprint density at radius 3 is 3.14 bits per heavy atom. The van der Waals surface area contributed by atoms with Gasteiger partial charge in [-0.25, -0.2) is 0 Å². The average Bonchev–Trinajstić information content (AvgIpc) is 2.85. The molecule has 0 amide bonds. The lowest BCUT2D eigenvalue weighted by atomic mass is 10.4. The summed E-state index contributed by atoms with van der Waals surface area (Å²) in [6.45, 7) is 0.495. The summed E-state index contributed by atoms with van der Waals surface area (Å²) in [5.41, 5.74) is 0. The fourth-order valence-electron chi connectivity index (χ4n) is 1.11. The van der Waals surface area contributed by atoms with Crippen molar-refractivity contribution >= 4 is 0 Å². The molecular formula is C7H9N5O2. The van der Waals surface area contributed by atoms with Gasteiger partial charge in [-0.1, -0.05) is 5.16 Å². The van der Waals surface area contributed by atoms with Gasteiger partial charge in [-0.3, -0.25) is 0 Å². The molecule has 0 aliphatic heterocycles. The zero-order chi connectivity index (χ0) is 9.80. The summed E-state index contributed by atoms with van der Waals surface area (Å²) < 4.78 is 6.57. The van der Waals surface area contributed by atoms with Crippen molar-refractivity contribution in [3.8, 4) is 0 Å². The van der Waals surface area contributed by atoms with E-state index in [0.717, 1.165) is 0 Å². The molecule has 0 aliphatic carbocycles. The molecule has 1 N–H and O–H groups in total. The normalized spacial score (nSPS) is 10.6. The summed E-state index contributed by atoms with van der Waals surface area (Å²) in [6, 6.07) is 0. The Bertz CT molecular complexity index is 382. The number of aliphatic hydroxyl groups excluding tert-OH is 1. The van der Waals surface area contributed by atoms with Crippen LogP contribution in [0.1, 0.15) is 11.7 Å². The quantitative estimate of drug-likeness (QED) is 0.700. The van der Waals surface area contributed by atoms with Gasteiger partial charge >= 0.3 is 0 Å². The summed E-state index contributed by atoms with van der Waals surface area (Å²) in [7, 11) is 0. The third-order valence-electron chi connectivity index (χ3n) is 1.81. The molecule has 0 bridgehead atoms. The van der Waals surface area contributed by atoms with Gasteiger partial charge in [-0.2, -0.15) is 4.98 Å². The van der Waals surface area contributed by atoms with Crippen LogP contribution in [0.4, 0.5) is 0 Å². The van der Waals surface area contributed by atoms with E-state index in [0.29, 0.717) is 24.7 Å². The van der Waals surface area contributed by atoms with Crippen molar-refractivity contribution in [2.24, 2.45) is 0 Å². The Labute approximate surface area is 79.4 Å². The van der Waals surface area contributed by atoms with Gasteiger partial charge in [0.1, 0.15) is 12.9 Å². The zero-order valence-electron chi connectivity index (χ0n) is 7.37. The van der Waals surface area contributed by atoms with Crippen LogP contribution in [0.3, 0.4) is 0 Å². The highest BCUT2D eigenvalue weighted by molar-refractivity contribution is 4.84. The van der Waals surface area contributed by atoms with Crippen molar-refractivity contribution in [1.29, 1.82) is 0 Å². The van der Waals surface area contributed by atoms with Gasteiger partial charge in [0.2, 0.25) is 5.89 Å². The third-order valence-corrected chi connectivity index (χ3v) is 1.81. The Morgan fingerprint density at radius 2 is 2.43 bits per heavy atom. The Balaban J connectivity index is 1.98. The molecule has 0 unspecified atom stereocenters. The highest BCUT2D eigenvalue weighted by atomic mass is 16.5.